The number of ketones is 1. The lowest BCUT2D eigenvalue weighted by molar-refractivity contribution is -0.117. The Balaban J connectivity index is 4.65. The fraction of sp³-hybridized carbons (Fsp3) is 0.833. The number of Topliss-reactive ketones (excluding diaryl/α,β-unsaturated/α-hetero) is 1. The number of hydrogen-bond acceptors (Lipinski definition) is 4. The van der Waals surface area contributed by atoms with E-state index in [4.69, 9.17) is 5.11 Å². The van der Waals surface area contributed by atoms with Gasteiger partial charge in [-0.1, -0.05) is 6.92 Å². The van der Waals surface area contributed by atoms with Gasteiger partial charge in [0, 0.05) is 5.75 Å². The second-order valence-electron chi connectivity index (χ2n) is 2.23. The molecular weight excluding hydrogens is 168 g/mol. The summed E-state index contributed by atoms with van der Waals surface area (Å²) in [6.07, 6.45) is 0. The maximum absolute atomic E-state index is 11.0. The molecule has 0 aliphatic rings. The maximum Gasteiger partial charge on any atom is 0.162 e. The summed E-state index contributed by atoms with van der Waals surface area (Å²) in [5.74, 6) is -0.619. The van der Waals surface area contributed by atoms with E-state index >= 15 is 0 Å². The van der Waals surface area contributed by atoms with E-state index < -0.39 is 27.5 Å². The highest BCUT2D eigenvalue weighted by Gasteiger charge is 2.26. The van der Waals surface area contributed by atoms with E-state index in [9.17, 15) is 13.2 Å². The summed E-state index contributed by atoms with van der Waals surface area (Å²) >= 11 is 0. The number of aliphatic hydroxyl groups excluding tert-OH is 1. The van der Waals surface area contributed by atoms with Gasteiger partial charge >= 0.3 is 0 Å². The molecule has 0 aromatic rings. The lowest BCUT2D eigenvalue weighted by Crippen LogP contribution is -2.33. The normalized spacial score (nSPS) is 14.5. The molecule has 4 nitrogen and oxygen atoms in total. The summed E-state index contributed by atoms with van der Waals surface area (Å²) in [6, 6.07) is 0. The van der Waals surface area contributed by atoms with Gasteiger partial charge in [-0.05, 0) is 6.92 Å². The molecule has 1 N–H and O–H groups in total. The van der Waals surface area contributed by atoms with Gasteiger partial charge in [-0.15, -0.1) is 0 Å². The Bertz CT molecular complexity index is 229. The zero-order valence-corrected chi connectivity index (χ0v) is 7.39. The fourth-order valence-corrected chi connectivity index (χ4v) is 1.83. The number of carbonyl (C=O) groups excluding carboxylic acids is 1. The van der Waals surface area contributed by atoms with Crippen molar-refractivity contribution in [2.75, 3.05) is 12.4 Å². The van der Waals surface area contributed by atoms with Gasteiger partial charge in [0.05, 0.1) is 6.61 Å². The second kappa shape index (κ2) is 3.82. The number of aliphatic hydroxyl groups is 1. The first-order chi connectivity index (χ1) is 4.95. The minimum Gasteiger partial charge on any atom is -0.395 e. The highest BCUT2D eigenvalue weighted by Crippen LogP contribution is 2.02. The standard InChI is InChI=1S/C6H12O4S/c1-3-11(9,10)6(4-7)5(2)8/h6-7H,3-4H2,1-2H3/t6-/m0/s1. The van der Waals surface area contributed by atoms with Crippen molar-refractivity contribution in [3.05, 3.63) is 0 Å². The fourth-order valence-electron chi connectivity index (χ4n) is 0.696. The van der Waals surface area contributed by atoms with E-state index in [2.05, 4.69) is 0 Å². The van der Waals surface area contributed by atoms with Crippen molar-refractivity contribution in [2.24, 2.45) is 0 Å². The molecule has 0 rings (SSSR count). The minimum absolute atomic E-state index is 0.113. The van der Waals surface area contributed by atoms with Gasteiger partial charge in [-0.3, -0.25) is 4.79 Å². The Kier molecular flexibility index (Phi) is 3.68. The summed E-state index contributed by atoms with van der Waals surface area (Å²) < 4.78 is 22.0. The highest BCUT2D eigenvalue weighted by molar-refractivity contribution is 7.92. The first-order valence-electron chi connectivity index (χ1n) is 3.28. The SMILES string of the molecule is CCS(=O)(=O)[C@@H](CO)C(C)=O. The quantitative estimate of drug-likeness (QED) is 0.625. The molecule has 0 bridgehead atoms. The first kappa shape index (κ1) is 10.6. The molecular formula is C6H12O4S. The number of hydrogen-bond donors (Lipinski definition) is 1. The lowest BCUT2D eigenvalue weighted by atomic mass is 10.3. The van der Waals surface area contributed by atoms with E-state index in [1.54, 1.807) is 0 Å². The van der Waals surface area contributed by atoms with Gasteiger partial charge in [0.1, 0.15) is 11.0 Å². The Morgan fingerprint density at radius 2 is 2.00 bits per heavy atom. The van der Waals surface area contributed by atoms with Crippen LogP contribution in [0.1, 0.15) is 13.8 Å². The van der Waals surface area contributed by atoms with Gasteiger partial charge in [0.2, 0.25) is 0 Å². The largest absolute Gasteiger partial charge is 0.395 e. The molecule has 0 unspecified atom stereocenters. The van der Waals surface area contributed by atoms with Gasteiger partial charge in [-0.2, -0.15) is 0 Å². The van der Waals surface area contributed by atoms with Crippen molar-refractivity contribution < 1.29 is 18.3 Å². The molecule has 0 spiro atoms. The molecule has 0 aliphatic heterocycles. The number of rotatable bonds is 4. The molecule has 0 amide bonds. The van der Waals surface area contributed by atoms with Gasteiger partial charge < -0.3 is 5.11 Å². The van der Waals surface area contributed by atoms with E-state index in [1.807, 2.05) is 0 Å². The average Bonchev–Trinajstić information content (AvgIpc) is 1.88. The van der Waals surface area contributed by atoms with Crippen LogP contribution in [0.25, 0.3) is 0 Å². The summed E-state index contributed by atoms with van der Waals surface area (Å²) in [7, 11) is -3.41. The van der Waals surface area contributed by atoms with Crippen LogP contribution in [0.3, 0.4) is 0 Å². The molecule has 66 valence electrons. The van der Waals surface area contributed by atoms with Crippen molar-refractivity contribution in [3.63, 3.8) is 0 Å². The van der Waals surface area contributed by atoms with Crippen molar-refractivity contribution in [1.29, 1.82) is 0 Å². The zero-order valence-electron chi connectivity index (χ0n) is 6.57. The molecule has 11 heavy (non-hydrogen) atoms. The van der Waals surface area contributed by atoms with E-state index in [1.165, 1.54) is 6.92 Å². The van der Waals surface area contributed by atoms with Crippen molar-refractivity contribution >= 4 is 15.6 Å². The highest BCUT2D eigenvalue weighted by atomic mass is 32.2. The Morgan fingerprint density at radius 3 is 2.09 bits per heavy atom. The summed E-state index contributed by atoms with van der Waals surface area (Å²) in [6.45, 7) is 1.99. The predicted octanol–water partition coefficient (Wildman–Crippen LogP) is -0.629. The Labute approximate surface area is 66.1 Å². The Morgan fingerprint density at radius 1 is 1.55 bits per heavy atom. The average molecular weight is 180 g/mol. The second-order valence-corrected chi connectivity index (χ2v) is 4.71. The van der Waals surface area contributed by atoms with Crippen LogP contribution in [0.5, 0.6) is 0 Å². The number of carbonyl (C=O) groups is 1. The van der Waals surface area contributed by atoms with Crippen LogP contribution in [0, 0.1) is 0 Å². The third kappa shape index (κ3) is 2.59. The van der Waals surface area contributed by atoms with E-state index in [0.717, 1.165) is 6.92 Å². The lowest BCUT2D eigenvalue weighted by Gasteiger charge is -2.08. The Hall–Kier alpha value is -0.420. The van der Waals surface area contributed by atoms with Gasteiger partial charge in [0.15, 0.2) is 9.84 Å². The molecule has 0 radical (unpaired) electrons. The van der Waals surface area contributed by atoms with Crippen LogP contribution < -0.4 is 0 Å². The molecule has 0 aromatic heterocycles. The summed E-state index contributed by atoms with van der Waals surface area (Å²) in [5, 5.41) is 7.33. The third-order valence-corrected chi connectivity index (χ3v) is 3.61. The smallest absolute Gasteiger partial charge is 0.162 e. The van der Waals surface area contributed by atoms with Gasteiger partial charge in [0.25, 0.3) is 0 Å². The molecule has 0 fully saturated rings. The van der Waals surface area contributed by atoms with Crippen molar-refractivity contribution in [3.8, 4) is 0 Å². The molecule has 1 atom stereocenters. The molecule has 0 saturated carbocycles. The molecule has 0 heterocycles. The van der Waals surface area contributed by atoms with Crippen LogP contribution in [0.15, 0.2) is 0 Å². The summed E-state index contributed by atoms with van der Waals surface area (Å²) in [5.41, 5.74) is 0. The zero-order chi connectivity index (χ0) is 9.07. The minimum atomic E-state index is -3.41. The molecule has 0 aliphatic carbocycles. The third-order valence-electron chi connectivity index (χ3n) is 1.46. The molecule has 0 saturated heterocycles. The molecule has 5 heteroatoms. The van der Waals surface area contributed by atoms with Crippen LogP contribution in [0.2, 0.25) is 0 Å². The van der Waals surface area contributed by atoms with Crippen LogP contribution in [-0.2, 0) is 14.6 Å². The maximum atomic E-state index is 11.0. The predicted molar refractivity (Wildman–Crippen MR) is 41.0 cm³/mol. The van der Waals surface area contributed by atoms with Crippen LogP contribution in [-0.4, -0.2) is 36.9 Å². The first-order valence-corrected chi connectivity index (χ1v) is 5.00. The van der Waals surface area contributed by atoms with Gasteiger partial charge in [-0.25, -0.2) is 8.42 Å². The van der Waals surface area contributed by atoms with E-state index in [-0.39, 0.29) is 5.75 Å². The van der Waals surface area contributed by atoms with E-state index in [0.29, 0.717) is 0 Å². The van der Waals surface area contributed by atoms with Crippen molar-refractivity contribution in [1.82, 2.24) is 0 Å². The molecule has 0 aromatic carbocycles. The summed E-state index contributed by atoms with van der Waals surface area (Å²) in [4.78, 5) is 10.6. The number of sulfone groups is 1. The van der Waals surface area contributed by atoms with Crippen LogP contribution in [0.4, 0.5) is 0 Å². The van der Waals surface area contributed by atoms with Crippen LogP contribution >= 0.6 is 0 Å². The van der Waals surface area contributed by atoms with Crippen molar-refractivity contribution in [2.45, 2.75) is 19.1 Å². The topological polar surface area (TPSA) is 71.4 Å². The monoisotopic (exact) mass is 180 g/mol.